The summed E-state index contributed by atoms with van der Waals surface area (Å²) in [5.41, 5.74) is 0. The van der Waals surface area contributed by atoms with E-state index in [1.807, 2.05) is 13.8 Å². The fourth-order valence-electron chi connectivity index (χ4n) is 1.28. The Hall–Kier alpha value is 0.970. The van der Waals surface area contributed by atoms with E-state index in [9.17, 15) is 0 Å². The van der Waals surface area contributed by atoms with Gasteiger partial charge in [-0.05, 0) is 0 Å². The minimum atomic E-state index is -0.530. The molecule has 0 N–H and O–H groups in total. The highest BCUT2D eigenvalue weighted by Crippen LogP contribution is 2.44. The average molecular weight is 270 g/mol. The van der Waals surface area contributed by atoms with E-state index in [4.69, 9.17) is 18.5 Å². The predicted molar refractivity (Wildman–Crippen MR) is 64.1 cm³/mol. The lowest BCUT2D eigenvalue weighted by Gasteiger charge is -2.26. The van der Waals surface area contributed by atoms with Crippen molar-refractivity contribution in [3.05, 3.63) is 0 Å². The summed E-state index contributed by atoms with van der Waals surface area (Å²) in [6.07, 6.45) is 0. The van der Waals surface area contributed by atoms with E-state index in [1.54, 1.807) is 23.5 Å². The number of hydrogen-bond donors (Lipinski definition) is 0. The van der Waals surface area contributed by atoms with Crippen molar-refractivity contribution in [2.45, 2.75) is 24.1 Å². The first kappa shape index (κ1) is 12.4. The standard InChI is InChI=1S/C8H15O4PS2/c1-7(9-3-5-14-7)11-13-12-8(2)10-4-6-15-8/h13H,3-6H2,1-2H3. The summed E-state index contributed by atoms with van der Waals surface area (Å²) in [6, 6.07) is 0. The third-order valence-electron chi connectivity index (χ3n) is 2.08. The van der Waals surface area contributed by atoms with Gasteiger partial charge in [0.2, 0.25) is 10.2 Å². The van der Waals surface area contributed by atoms with Gasteiger partial charge in [0, 0.05) is 25.4 Å². The van der Waals surface area contributed by atoms with Gasteiger partial charge >= 0.3 is 0 Å². The van der Waals surface area contributed by atoms with E-state index >= 15 is 0 Å². The quantitative estimate of drug-likeness (QED) is 0.730. The highest BCUT2D eigenvalue weighted by Gasteiger charge is 2.36. The van der Waals surface area contributed by atoms with Gasteiger partial charge in [0.05, 0.1) is 13.2 Å². The maximum Gasteiger partial charge on any atom is 0.220 e. The lowest BCUT2D eigenvalue weighted by Crippen LogP contribution is -2.23. The van der Waals surface area contributed by atoms with E-state index in [0.717, 1.165) is 24.7 Å². The molecule has 0 spiro atoms. The molecule has 0 aromatic carbocycles. The molecule has 2 fully saturated rings. The maximum atomic E-state index is 5.57. The first-order valence-corrected chi connectivity index (χ1v) is 7.58. The molecule has 2 aliphatic heterocycles. The van der Waals surface area contributed by atoms with Gasteiger partial charge in [-0.15, -0.1) is 0 Å². The number of thioether (sulfide) groups is 2. The number of hydrogen-bond acceptors (Lipinski definition) is 6. The lowest BCUT2D eigenvalue weighted by atomic mass is 10.7. The van der Waals surface area contributed by atoms with Crippen LogP contribution >= 0.6 is 32.6 Å². The summed E-state index contributed by atoms with van der Waals surface area (Å²) in [7, 11) is -0.0494. The van der Waals surface area contributed by atoms with Crippen molar-refractivity contribution in [1.82, 2.24) is 0 Å². The van der Waals surface area contributed by atoms with Crippen LogP contribution in [0.4, 0.5) is 0 Å². The average Bonchev–Trinajstić information content (AvgIpc) is 2.76. The van der Waals surface area contributed by atoms with Crippen LogP contribution in [-0.4, -0.2) is 35.0 Å². The minimum absolute atomic E-state index is 0.0494. The molecule has 0 amide bonds. The van der Waals surface area contributed by atoms with Gasteiger partial charge in [0.25, 0.3) is 0 Å². The zero-order valence-corrected chi connectivity index (χ0v) is 11.4. The van der Waals surface area contributed by atoms with Crippen molar-refractivity contribution in [2.75, 3.05) is 24.7 Å². The van der Waals surface area contributed by atoms with Crippen LogP contribution < -0.4 is 0 Å². The van der Waals surface area contributed by atoms with Crippen molar-refractivity contribution >= 4 is 32.6 Å². The second kappa shape index (κ2) is 5.08. The highest BCUT2D eigenvalue weighted by atomic mass is 32.2. The zero-order valence-electron chi connectivity index (χ0n) is 8.78. The van der Waals surface area contributed by atoms with Crippen LogP contribution in [0.1, 0.15) is 13.8 Å². The SMILES string of the molecule is CC1(OPOC2(C)OCCS2)OCCS1. The van der Waals surface area contributed by atoms with Gasteiger partial charge in [0.15, 0.2) is 9.03 Å². The Morgan fingerprint density at radius 1 is 1.00 bits per heavy atom. The summed E-state index contributed by atoms with van der Waals surface area (Å²) >= 11 is 3.32. The van der Waals surface area contributed by atoms with Crippen LogP contribution in [0.3, 0.4) is 0 Å². The molecule has 88 valence electrons. The molecule has 0 aliphatic carbocycles. The van der Waals surface area contributed by atoms with Crippen LogP contribution in [0.2, 0.25) is 0 Å². The molecule has 2 heterocycles. The molecule has 0 aromatic rings. The Morgan fingerprint density at radius 3 is 1.80 bits per heavy atom. The molecule has 7 heteroatoms. The Bertz CT molecular complexity index is 195. The third kappa shape index (κ3) is 3.46. The molecule has 2 atom stereocenters. The lowest BCUT2D eigenvalue weighted by molar-refractivity contribution is -0.105. The van der Waals surface area contributed by atoms with E-state index in [1.165, 1.54) is 0 Å². The van der Waals surface area contributed by atoms with Crippen molar-refractivity contribution in [1.29, 1.82) is 0 Å². The van der Waals surface area contributed by atoms with Crippen molar-refractivity contribution < 1.29 is 18.5 Å². The molecule has 2 unspecified atom stereocenters. The summed E-state index contributed by atoms with van der Waals surface area (Å²) < 4.78 is 22.1. The zero-order chi connectivity index (χ0) is 10.8. The van der Waals surface area contributed by atoms with Crippen molar-refractivity contribution in [2.24, 2.45) is 0 Å². The van der Waals surface area contributed by atoms with Gasteiger partial charge in [-0.1, -0.05) is 23.5 Å². The predicted octanol–water partition coefficient (Wildman–Crippen LogP) is 2.40. The second-order valence-corrected chi connectivity index (χ2v) is 6.86. The topological polar surface area (TPSA) is 36.9 Å². The molecule has 2 aliphatic rings. The first-order chi connectivity index (χ1) is 7.12. The largest absolute Gasteiger partial charge is 0.340 e. The molecule has 2 saturated heterocycles. The van der Waals surface area contributed by atoms with Crippen LogP contribution in [0.25, 0.3) is 0 Å². The second-order valence-electron chi connectivity index (χ2n) is 3.41. The Morgan fingerprint density at radius 2 is 1.47 bits per heavy atom. The minimum Gasteiger partial charge on any atom is -0.340 e. The van der Waals surface area contributed by atoms with Gasteiger partial charge in [-0.25, -0.2) is 0 Å². The van der Waals surface area contributed by atoms with Crippen LogP contribution in [-0.2, 0) is 18.5 Å². The number of ether oxygens (including phenoxy) is 2. The molecular formula is C8H15O4PS2. The molecule has 2 rings (SSSR count). The van der Waals surface area contributed by atoms with E-state index in [2.05, 4.69) is 0 Å². The molecule has 15 heavy (non-hydrogen) atoms. The smallest absolute Gasteiger partial charge is 0.220 e. The molecule has 0 saturated carbocycles. The fraction of sp³-hybridized carbons (Fsp3) is 1.00. The molecule has 0 bridgehead atoms. The monoisotopic (exact) mass is 270 g/mol. The summed E-state index contributed by atoms with van der Waals surface area (Å²) in [5, 5.41) is -1.06. The van der Waals surface area contributed by atoms with Gasteiger partial charge in [-0.2, -0.15) is 0 Å². The maximum absolute atomic E-state index is 5.57. The van der Waals surface area contributed by atoms with Gasteiger partial charge < -0.3 is 9.47 Å². The Balaban J connectivity index is 1.69. The Labute approximate surface area is 100 Å². The van der Waals surface area contributed by atoms with E-state index in [0.29, 0.717) is 0 Å². The van der Waals surface area contributed by atoms with Crippen molar-refractivity contribution in [3.63, 3.8) is 0 Å². The number of rotatable bonds is 4. The van der Waals surface area contributed by atoms with Crippen LogP contribution in [0.5, 0.6) is 0 Å². The molecule has 0 radical (unpaired) electrons. The highest BCUT2D eigenvalue weighted by molar-refractivity contribution is 8.01. The molecule has 4 nitrogen and oxygen atoms in total. The summed E-state index contributed by atoms with van der Waals surface area (Å²) in [5.74, 6) is 1.95. The molecular weight excluding hydrogens is 255 g/mol. The van der Waals surface area contributed by atoms with Gasteiger partial charge in [-0.3, -0.25) is 9.05 Å². The van der Waals surface area contributed by atoms with E-state index in [-0.39, 0.29) is 9.03 Å². The van der Waals surface area contributed by atoms with Crippen molar-refractivity contribution in [3.8, 4) is 0 Å². The first-order valence-electron chi connectivity index (χ1n) is 4.79. The third-order valence-corrected chi connectivity index (χ3v) is 5.51. The normalized spacial score (nSPS) is 42.0. The summed E-state index contributed by atoms with van der Waals surface area (Å²) in [6.45, 7) is 5.33. The van der Waals surface area contributed by atoms with E-state index < -0.39 is 10.2 Å². The molecule has 0 aromatic heterocycles. The Kier molecular flexibility index (Phi) is 4.21. The fourth-order valence-corrected chi connectivity index (χ4v) is 3.83. The van der Waals surface area contributed by atoms with Gasteiger partial charge in [0.1, 0.15) is 0 Å². The summed E-state index contributed by atoms with van der Waals surface area (Å²) in [4.78, 5) is 0. The van der Waals surface area contributed by atoms with Crippen LogP contribution in [0.15, 0.2) is 0 Å². The van der Waals surface area contributed by atoms with Crippen LogP contribution in [0, 0.1) is 0 Å².